The fourth-order valence-corrected chi connectivity index (χ4v) is 2.89. The van der Waals surface area contributed by atoms with Crippen LogP contribution in [0.5, 0.6) is 0 Å². The summed E-state index contributed by atoms with van der Waals surface area (Å²) in [7, 11) is 1.67. The summed E-state index contributed by atoms with van der Waals surface area (Å²) in [6.45, 7) is 4.92. The summed E-state index contributed by atoms with van der Waals surface area (Å²) in [5.74, 6) is 0. The zero-order valence-corrected chi connectivity index (χ0v) is 14.7. The van der Waals surface area contributed by atoms with Gasteiger partial charge in [0, 0.05) is 31.9 Å². The molecule has 23 heavy (non-hydrogen) atoms. The Morgan fingerprint density at radius 1 is 1.30 bits per heavy atom. The van der Waals surface area contributed by atoms with E-state index in [1.54, 1.807) is 13.3 Å². The number of anilines is 1. The first-order chi connectivity index (χ1) is 11.2. The van der Waals surface area contributed by atoms with Crippen LogP contribution < -0.4 is 15.6 Å². The Labute approximate surface area is 144 Å². The first kappa shape index (κ1) is 17.7. The molecule has 1 aromatic carbocycles. The normalized spacial score (nSPS) is 16.3. The van der Waals surface area contributed by atoms with Crippen LogP contribution in [0.3, 0.4) is 0 Å². The van der Waals surface area contributed by atoms with Gasteiger partial charge >= 0.3 is 0 Å². The number of ether oxygens (including phenoxy) is 1. The third-order valence-corrected chi connectivity index (χ3v) is 4.00. The molecular formula is C17H26N4OS. The van der Waals surface area contributed by atoms with E-state index in [-0.39, 0.29) is 6.04 Å². The summed E-state index contributed by atoms with van der Waals surface area (Å²) in [5.41, 5.74) is 5.16. The number of thiocarbonyl (C=S) groups is 1. The molecule has 1 heterocycles. The third kappa shape index (κ3) is 6.15. The molecule has 0 bridgehead atoms. The van der Waals surface area contributed by atoms with Gasteiger partial charge in [0.1, 0.15) is 0 Å². The predicted molar refractivity (Wildman–Crippen MR) is 100 cm³/mol. The van der Waals surface area contributed by atoms with Gasteiger partial charge < -0.3 is 15.0 Å². The second kappa shape index (κ2) is 9.47. The standard InChI is InChI=1S/C17H26N4OS/c1-14(13-22-2)19-17(23)20-18-12-15-6-8-16(9-7-15)21-10-4-3-5-11-21/h6-9,12,14H,3-5,10-11,13H2,1-2H3,(H2,19,20,23)/b18-12-/t14-/m1/s1. The zero-order valence-electron chi connectivity index (χ0n) is 13.9. The molecule has 1 fully saturated rings. The van der Waals surface area contributed by atoms with Crippen LogP contribution in [0.25, 0.3) is 0 Å². The Bertz CT molecular complexity index is 512. The molecule has 5 nitrogen and oxygen atoms in total. The Balaban J connectivity index is 1.79. The predicted octanol–water partition coefficient (Wildman–Crippen LogP) is 2.51. The molecular weight excluding hydrogens is 308 g/mol. The van der Waals surface area contributed by atoms with Crippen LogP contribution in [0.4, 0.5) is 5.69 Å². The number of hydrazone groups is 1. The van der Waals surface area contributed by atoms with E-state index in [9.17, 15) is 0 Å². The molecule has 0 spiro atoms. The van der Waals surface area contributed by atoms with Gasteiger partial charge in [0.25, 0.3) is 0 Å². The highest BCUT2D eigenvalue weighted by Crippen LogP contribution is 2.19. The molecule has 0 aromatic heterocycles. The summed E-state index contributed by atoms with van der Waals surface area (Å²) in [6.07, 6.45) is 5.71. The first-order valence-corrected chi connectivity index (χ1v) is 8.53. The zero-order chi connectivity index (χ0) is 16.5. The van der Waals surface area contributed by atoms with Crippen LogP contribution in [-0.2, 0) is 4.74 Å². The van der Waals surface area contributed by atoms with Crippen molar-refractivity contribution in [2.75, 3.05) is 31.7 Å². The van der Waals surface area contributed by atoms with Crippen LogP contribution in [0.1, 0.15) is 31.7 Å². The first-order valence-electron chi connectivity index (χ1n) is 8.12. The fraction of sp³-hybridized carbons (Fsp3) is 0.529. The fourth-order valence-electron chi connectivity index (χ4n) is 2.64. The summed E-state index contributed by atoms with van der Waals surface area (Å²) < 4.78 is 5.05. The lowest BCUT2D eigenvalue weighted by Crippen LogP contribution is -2.40. The lowest BCUT2D eigenvalue weighted by molar-refractivity contribution is 0.179. The SMILES string of the molecule is COC[C@@H](C)NC(=S)N/N=C\c1ccc(N2CCCCC2)cc1. The van der Waals surface area contributed by atoms with Crippen molar-refractivity contribution in [1.82, 2.24) is 10.7 Å². The maximum absolute atomic E-state index is 5.17. The van der Waals surface area contributed by atoms with Gasteiger partial charge in [-0.2, -0.15) is 5.10 Å². The number of piperidine rings is 1. The maximum atomic E-state index is 5.17. The van der Waals surface area contributed by atoms with E-state index in [2.05, 4.69) is 45.0 Å². The van der Waals surface area contributed by atoms with Crippen molar-refractivity contribution >= 4 is 29.2 Å². The average Bonchev–Trinajstić information content (AvgIpc) is 2.56. The van der Waals surface area contributed by atoms with Crippen molar-refractivity contribution in [2.24, 2.45) is 5.10 Å². The van der Waals surface area contributed by atoms with Gasteiger partial charge in [-0.15, -0.1) is 0 Å². The third-order valence-electron chi connectivity index (χ3n) is 3.79. The smallest absolute Gasteiger partial charge is 0.187 e. The molecule has 6 heteroatoms. The van der Waals surface area contributed by atoms with Gasteiger partial charge in [-0.05, 0) is 56.1 Å². The highest BCUT2D eigenvalue weighted by Gasteiger charge is 2.10. The second-order valence-corrected chi connectivity index (χ2v) is 6.25. The Hall–Kier alpha value is -1.66. The van der Waals surface area contributed by atoms with Crippen LogP contribution in [0.2, 0.25) is 0 Å². The maximum Gasteiger partial charge on any atom is 0.187 e. The van der Waals surface area contributed by atoms with E-state index >= 15 is 0 Å². The topological polar surface area (TPSA) is 48.9 Å². The van der Waals surface area contributed by atoms with Gasteiger partial charge in [-0.3, -0.25) is 5.43 Å². The van der Waals surface area contributed by atoms with E-state index in [0.717, 1.165) is 18.7 Å². The van der Waals surface area contributed by atoms with Crippen molar-refractivity contribution in [2.45, 2.75) is 32.2 Å². The lowest BCUT2D eigenvalue weighted by Gasteiger charge is -2.28. The minimum Gasteiger partial charge on any atom is -0.383 e. The van der Waals surface area contributed by atoms with Gasteiger partial charge in [0.15, 0.2) is 5.11 Å². The number of rotatable bonds is 6. The molecule has 1 aliphatic rings. The van der Waals surface area contributed by atoms with Crippen LogP contribution in [0.15, 0.2) is 29.4 Å². The molecule has 126 valence electrons. The molecule has 0 radical (unpaired) electrons. The number of hydrogen-bond acceptors (Lipinski definition) is 4. The van der Waals surface area contributed by atoms with E-state index < -0.39 is 0 Å². The molecule has 2 rings (SSSR count). The molecule has 1 aliphatic heterocycles. The minimum absolute atomic E-state index is 0.152. The monoisotopic (exact) mass is 334 g/mol. The molecule has 0 amide bonds. The van der Waals surface area contributed by atoms with E-state index in [1.807, 2.05) is 6.92 Å². The van der Waals surface area contributed by atoms with Crippen LogP contribution in [0, 0.1) is 0 Å². The molecule has 1 aromatic rings. The molecule has 0 aliphatic carbocycles. The Kier molecular flexibility index (Phi) is 7.29. The highest BCUT2D eigenvalue weighted by atomic mass is 32.1. The van der Waals surface area contributed by atoms with E-state index in [1.165, 1.54) is 24.9 Å². The lowest BCUT2D eigenvalue weighted by atomic mass is 10.1. The van der Waals surface area contributed by atoms with Gasteiger partial charge in [0.2, 0.25) is 0 Å². The van der Waals surface area contributed by atoms with Crippen LogP contribution >= 0.6 is 12.2 Å². The van der Waals surface area contributed by atoms with Gasteiger partial charge in [-0.1, -0.05) is 12.1 Å². The number of methoxy groups -OCH3 is 1. The Morgan fingerprint density at radius 3 is 2.65 bits per heavy atom. The summed E-state index contributed by atoms with van der Waals surface area (Å²) in [5, 5.41) is 7.75. The van der Waals surface area contributed by atoms with Crippen molar-refractivity contribution < 1.29 is 4.74 Å². The van der Waals surface area contributed by atoms with E-state index in [0.29, 0.717) is 11.7 Å². The minimum atomic E-state index is 0.152. The molecule has 1 saturated heterocycles. The molecule has 0 unspecified atom stereocenters. The highest BCUT2D eigenvalue weighted by molar-refractivity contribution is 7.80. The molecule has 2 N–H and O–H groups in total. The summed E-state index contributed by atoms with van der Waals surface area (Å²) in [4.78, 5) is 2.44. The number of nitrogens with zero attached hydrogens (tertiary/aromatic N) is 2. The molecule has 0 saturated carbocycles. The van der Waals surface area contributed by atoms with Gasteiger partial charge in [0.05, 0.1) is 12.8 Å². The van der Waals surface area contributed by atoms with Crippen molar-refractivity contribution in [3.63, 3.8) is 0 Å². The van der Waals surface area contributed by atoms with Crippen LogP contribution in [-0.4, -0.2) is 44.2 Å². The molecule has 1 atom stereocenters. The average molecular weight is 334 g/mol. The van der Waals surface area contributed by atoms with E-state index in [4.69, 9.17) is 17.0 Å². The number of nitrogens with one attached hydrogen (secondary N) is 2. The number of hydrogen-bond donors (Lipinski definition) is 2. The van der Waals surface area contributed by atoms with Crippen molar-refractivity contribution in [3.05, 3.63) is 29.8 Å². The van der Waals surface area contributed by atoms with Gasteiger partial charge in [-0.25, -0.2) is 0 Å². The summed E-state index contributed by atoms with van der Waals surface area (Å²) >= 11 is 5.17. The van der Waals surface area contributed by atoms with Crippen molar-refractivity contribution in [3.8, 4) is 0 Å². The van der Waals surface area contributed by atoms with Crippen molar-refractivity contribution in [1.29, 1.82) is 0 Å². The Morgan fingerprint density at radius 2 is 2.00 bits per heavy atom. The summed E-state index contributed by atoms with van der Waals surface area (Å²) in [6, 6.07) is 8.63. The largest absolute Gasteiger partial charge is 0.383 e. The quantitative estimate of drug-likeness (QED) is 0.476. The second-order valence-electron chi connectivity index (χ2n) is 5.84. The number of benzene rings is 1.